The molecule has 0 bridgehead atoms. The Kier molecular flexibility index (Phi) is 6.27. The largest absolute Gasteiger partial charge is 0.326 e. The molecule has 1 aromatic heterocycles. The fourth-order valence-electron chi connectivity index (χ4n) is 3.37. The lowest BCUT2D eigenvalue weighted by atomic mass is 10.1. The van der Waals surface area contributed by atoms with Gasteiger partial charge in [0.25, 0.3) is 5.91 Å². The first kappa shape index (κ1) is 21.6. The van der Waals surface area contributed by atoms with Gasteiger partial charge in [0.1, 0.15) is 5.01 Å². The van der Waals surface area contributed by atoms with Crippen molar-refractivity contribution in [1.29, 1.82) is 0 Å². The Morgan fingerprint density at radius 1 is 1.06 bits per heavy atom. The standard InChI is InChI=1S/C23H23N5O3S/c1-14(2)20(30)24-17-8-6-7-15(11-17)21(31)25-23-27-26-22(32-23)16-12-19(29)28(13-16)18-9-4-3-5-10-18/h3-11,14,16H,12-13H2,1-2H3,(H,24,30)(H,25,27,31). The van der Waals surface area contributed by atoms with E-state index in [0.29, 0.717) is 34.4 Å². The molecular weight excluding hydrogens is 426 g/mol. The monoisotopic (exact) mass is 449 g/mol. The lowest BCUT2D eigenvalue weighted by molar-refractivity contribution is -0.119. The van der Waals surface area contributed by atoms with Gasteiger partial charge in [0, 0.05) is 41.7 Å². The molecular formula is C23H23N5O3S. The van der Waals surface area contributed by atoms with Crippen LogP contribution in [0.3, 0.4) is 0 Å². The van der Waals surface area contributed by atoms with Crippen molar-refractivity contribution >= 4 is 45.6 Å². The topological polar surface area (TPSA) is 104 Å². The summed E-state index contributed by atoms with van der Waals surface area (Å²) in [6.45, 7) is 4.13. The van der Waals surface area contributed by atoms with Gasteiger partial charge in [-0.15, -0.1) is 10.2 Å². The zero-order valence-electron chi connectivity index (χ0n) is 17.7. The molecule has 1 unspecified atom stereocenters. The first-order chi connectivity index (χ1) is 15.4. The zero-order chi connectivity index (χ0) is 22.7. The molecule has 3 aromatic rings. The normalized spacial score (nSPS) is 15.8. The Labute approximate surface area is 189 Å². The molecule has 164 valence electrons. The Balaban J connectivity index is 1.41. The van der Waals surface area contributed by atoms with Crippen molar-refractivity contribution in [3.8, 4) is 0 Å². The molecule has 2 aromatic carbocycles. The summed E-state index contributed by atoms with van der Waals surface area (Å²) in [5.41, 5.74) is 1.82. The van der Waals surface area contributed by atoms with Crippen LogP contribution in [0.2, 0.25) is 0 Å². The van der Waals surface area contributed by atoms with E-state index in [-0.39, 0.29) is 29.6 Å². The van der Waals surface area contributed by atoms with Gasteiger partial charge < -0.3 is 10.2 Å². The summed E-state index contributed by atoms with van der Waals surface area (Å²) in [7, 11) is 0. The molecule has 32 heavy (non-hydrogen) atoms. The fraction of sp³-hybridized carbons (Fsp3) is 0.261. The van der Waals surface area contributed by atoms with E-state index in [0.717, 1.165) is 5.69 Å². The Bertz CT molecular complexity index is 1150. The molecule has 1 aliphatic rings. The SMILES string of the molecule is CC(C)C(=O)Nc1cccc(C(=O)Nc2nnc(C3CC(=O)N(c4ccccc4)C3)s2)c1. The number of rotatable bonds is 6. The van der Waals surface area contributed by atoms with Gasteiger partial charge >= 0.3 is 0 Å². The molecule has 1 fully saturated rings. The molecule has 0 radical (unpaired) electrons. The molecule has 0 aliphatic carbocycles. The van der Waals surface area contributed by atoms with Crippen molar-refractivity contribution in [3.63, 3.8) is 0 Å². The fourth-order valence-corrected chi connectivity index (χ4v) is 4.20. The molecule has 1 aliphatic heterocycles. The van der Waals surface area contributed by atoms with Gasteiger partial charge in [-0.2, -0.15) is 0 Å². The summed E-state index contributed by atoms with van der Waals surface area (Å²) in [5.74, 6) is -0.649. The van der Waals surface area contributed by atoms with Crippen LogP contribution in [0.5, 0.6) is 0 Å². The first-order valence-electron chi connectivity index (χ1n) is 10.3. The highest BCUT2D eigenvalue weighted by atomic mass is 32.1. The third-order valence-corrected chi connectivity index (χ3v) is 6.12. The van der Waals surface area contributed by atoms with Crippen LogP contribution >= 0.6 is 11.3 Å². The van der Waals surface area contributed by atoms with Crippen LogP contribution in [-0.2, 0) is 9.59 Å². The number of nitrogens with one attached hydrogen (secondary N) is 2. The predicted octanol–water partition coefficient (Wildman–Crippen LogP) is 3.91. The zero-order valence-corrected chi connectivity index (χ0v) is 18.6. The highest BCUT2D eigenvalue weighted by Gasteiger charge is 2.33. The number of benzene rings is 2. The lowest BCUT2D eigenvalue weighted by Gasteiger charge is -2.15. The van der Waals surface area contributed by atoms with E-state index in [9.17, 15) is 14.4 Å². The van der Waals surface area contributed by atoms with E-state index in [4.69, 9.17) is 0 Å². The van der Waals surface area contributed by atoms with Crippen molar-refractivity contribution < 1.29 is 14.4 Å². The Hall–Kier alpha value is -3.59. The lowest BCUT2D eigenvalue weighted by Crippen LogP contribution is -2.24. The number of hydrogen-bond donors (Lipinski definition) is 2. The summed E-state index contributed by atoms with van der Waals surface area (Å²) >= 11 is 1.27. The molecule has 1 saturated heterocycles. The molecule has 8 nitrogen and oxygen atoms in total. The molecule has 9 heteroatoms. The quantitative estimate of drug-likeness (QED) is 0.594. The Morgan fingerprint density at radius 3 is 2.59 bits per heavy atom. The molecule has 2 N–H and O–H groups in total. The highest BCUT2D eigenvalue weighted by molar-refractivity contribution is 7.15. The maximum atomic E-state index is 12.7. The van der Waals surface area contributed by atoms with Crippen LogP contribution in [0.25, 0.3) is 0 Å². The molecule has 3 amide bonds. The van der Waals surface area contributed by atoms with Gasteiger partial charge in [0.15, 0.2) is 0 Å². The van der Waals surface area contributed by atoms with E-state index in [1.165, 1.54) is 11.3 Å². The molecule has 0 spiro atoms. The number of amides is 3. The number of aromatic nitrogens is 2. The summed E-state index contributed by atoms with van der Waals surface area (Å²) in [6.07, 6.45) is 0.356. The van der Waals surface area contributed by atoms with Crippen LogP contribution < -0.4 is 15.5 Å². The van der Waals surface area contributed by atoms with Gasteiger partial charge in [-0.3, -0.25) is 19.7 Å². The first-order valence-corrected chi connectivity index (χ1v) is 11.1. The molecule has 2 heterocycles. The second kappa shape index (κ2) is 9.27. The number of hydrogen-bond acceptors (Lipinski definition) is 6. The van der Waals surface area contributed by atoms with Crippen LogP contribution in [0, 0.1) is 5.92 Å². The summed E-state index contributed by atoms with van der Waals surface area (Å²) < 4.78 is 0. The predicted molar refractivity (Wildman–Crippen MR) is 124 cm³/mol. The maximum absolute atomic E-state index is 12.7. The molecule has 0 saturated carbocycles. The maximum Gasteiger partial charge on any atom is 0.257 e. The smallest absolute Gasteiger partial charge is 0.257 e. The third-order valence-electron chi connectivity index (χ3n) is 5.12. The average Bonchev–Trinajstić information content (AvgIpc) is 3.41. The number of para-hydroxylation sites is 1. The van der Waals surface area contributed by atoms with Crippen molar-refractivity contribution in [3.05, 3.63) is 65.2 Å². The minimum Gasteiger partial charge on any atom is -0.326 e. The second-order valence-corrected chi connectivity index (χ2v) is 8.87. The van der Waals surface area contributed by atoms with Gasteiger partial charge in [-0.25, -0.2) is 0 Å². The van der Waals surface area contributed by atoms with E-state index in [1.807, 2.05) is 30.3 Å². The minimum atomic E-state index is -0.346. The third kappa shape index (κ3) is 4.83. The van der Waals surface area contributed by atoms with Crippen LogP contribution in [-0.4, -0.2) is 34.5 Å². The van der Waals surface area contributed by atoms with Gasteiger partial charge in [-0.05, 0) is 30.3 Å². The number of nitrogens with zero attached hydrogens (tertiary/aromatic N) is 3. The molecule has 4 rings (SSSR count). The second-order valence-electron chi connectivity index (χ2n) is 7.87. The van der Waals surface area contributed by atoms with Gasteiger partial charge in [0.05, 0.1) is 0 Å². The summed E-state index contributed by atoms with van der Waals surface area (Å²) in [6, 6.07) is 16.2. The minimum absolute atomic E-state index is 0.0437. The van der Waals surface area contributed by atoms with E-state index in [2.05, 4.69) is 20.8 Å². The number of carbonyl (C=O) groups excluding carboxylic acids is 3. The van der Waals surface area contributed by atoms with Crippen molar-refractivity contribution in [2.45, 2.75) is 26.2 Å². The van der Waals surface area contributed by atoms with E-state index < -0.39 is 0 Å². The van der Waals surface area contributed by atoms with Crippen LogP contribution in [0.4, 0.5) is 16.5 Å². The number of carbonyl (C=O) groups is 3. The molecule has 1 atom stereocenters. The van der Waals surface area contributed by atoms with Gasteiger partial charge in [-0.1, -0.05) is 49.4 Å². The average molecular weight is 450 g/mol. The summed E-state index contributed by atoms with van der Waals surface area (Å²) in [4.78, 5) is 38.8. The van der Waals surface area contributed by atoms with Crippen LogP contribution in [0.15, 0.2) is 54.6 Å². The van der Waals surface area contributed by atoms with Crippen molar-refractivity contribution in [2.75, 3.05) is 22.1 Å². The van der Waals surface area contributed by atoms with E-state index >= 15 is 0 Å². The highest BCUT2D eigenvalue weighted by Crippen LogP contribution is 2.34. The Morgan fingerprint density at radius 2 is 1.84 bits per heavy atom. The van der Waals surface area contributed by atoms with Gasteiger partial charge in [0.2, 0.25) is 16.9 Å². The number of anilines is 3. The van der Waals surface area contributed by atoms with E-state index in [1.54, 1.807) is 43.0 Å². The van der Waals surface area contributed by atoms with Crippen LogP contribution in [0.1, 0.15) is 41.6 Å². The van der Waals surface area contributed by atoms with Crippen molar-refractivity contribution in [1.82, 2.24) is 10.2 Å². The summed E-state index contributed by atoms with van der Waals surface area (Å²) in [5, 5.41) is 14.9. The van der Waals surface area contributed by atoms with Crippen molar-refractivity contribution in [2.24, 2.45) is 5.92 Å².